The van der Waals surface area contributed by atoms with Crippen LogP contribution in [0.15, 0.2) is 41.0 Å². The number of carbonyl (C=O) groups is 2. The van der Waals surface area contributed by atoms with Gasteiger partial charge in [0.2, 0.25) is 0 Å². The van der Waals surface area contributed by atoms with E-state index in [2.05, 4.69) is 5.32 Å². The van der Waals surface area contributed by atoms with Gasteiger partial charge in [-0.1, -0.05) is 11.6 Å². The Morgan fingerprint density at radius 1 is 1.28 bits per heavy atom. The van der Waals surface area contributed by atoms with E-state index in [1.807, 2.05) is 13.8 Å². The lowest BCUT2D eigenvalue weighted by Crippen LogP contribution is -2.35. The molecule has 2 rings (SSSR count). The normalized spacial score (nSPS) is 12.1. The molecular formula is C21H24ClNO6. The number of amides is 1. The first-order chi connectivity index (χ1) is 13.8. The second kappa shape index (κ2) is 10.6. The van der Waals surface area contributed by atoms with E-state index in [9.17, 15) is 9.59 Å². The van der Waals surface area contributed by atoms with Gasteiger partial charge in [-0.05, 0) is 56.7 Å². The highest BCUT2D eigenvalue weighted by molar-refractivity contribution is 6.32. The van der Waals surface area contributed by atoms with Crippen LogP contribution in [0.5, 0.6) is 11.5 Å². The minimum absolute atomic E-state index is 0.0711. The number of methoxy groups -OCH3 is 1. The number of furan rings is 1. The van der Waals surface area contributed by atoms with Crippen molar-refractivity contribution in [2.24, 2.45) is 0 Å². The molecule has 0 saturated heterocycles. The van der Waals surface area contributed by atoms with Crippen LogP contribution in [-0.4, -0.2) is 31.2 Å². The smallest absolute Gasteiger partial charge is 0.331 e. The highest BCUT2D eigenvalue weighted by Crippen LogP contribution is 2.37. The molecule has 0 radical (unpaired) electrons. The van der Waals surface area contributed by atoms with Crippen LogP contribution < -0.4 is 14.8 Å². The molecule has 1 atom stereocenters. The van der Waals surface area contributed by atoms with Crippen LogP contribution >= 0.6 is 11.6 Å². The summed E-state index contributed by atoms with van der Waals surface area (Å²) in [6.45, 7) is 5.46. The van der Waals surface area contributed by atoms with Gasteiger partial charge in [0.05, 0.1) is 31.0 Å². The fourth-order valence-corrected chi connectivity index (χ4v) is 2.61. The lowest BCUT2D eigenvalue weighted by atomic mass is 10.2. The van der Waals surface area contributed by atoms with Crippen LogP contribution in [0.2, 0.25) is 5.02 Å². The molecule has 0 saturated carbocycles. The second-order valence-corrected chi connectivity index (χ2v) is 6.82. The van der Waals surface area contributed by atoms with E-state index in [4.69, 9.17) is 30.2 Å². The predicted molar refractivity (Wildman–Crippen MR) is 109 cm³/mol. The number of rotatable bonds is 9. The van der Waals surface area contributed by atoms with Gasteiger partial charge in [0, 0.05) is 6.08 Å². The molecule has 0 aliphatic carbocycles. The van der Waals surface area contributed by atoms with Crippen LogP contribution in [0.1, 0.15) is 32.1 Å². The lowest BCUT2D eigenvalue weighted by Gasteiger charge is -2.15. The van der Waals surface area contributed by atoms with Gasteiger partial charge in [-0.15, -0.1) is 0 Å². The molecule has 0 spiro atoms. The summed E-state index contributed by atoms with van der Waals surface area (Å²) in [7, 11) is 1.50. The minimum Gasteiger partial charge on any atom is -0.493 e. The Morgan fingerprint density at radius 3 is 2.66 bits per heavy atom. The highest BCUT2D eigenvalue weighted by atomic mass is 35.5. The van der Waals surface area contributed by atoms with Crippen LogP contribution in [0.3, 0.4) is 0 Å². The number of carbonyl (C=O) groups excluding carboxylic acids is 2. The molecule has 0 aliphatic rings. The topological polar surface area (TPSA) is 87.0 Å². The number of halogens is 1. The standard InChI is InChI=1S/C21H24ClNO6/c1-13(2)28-20-17(22)10-15(11-18(20)26-4)7-8-19(24)29-14(3)21(25)23-12-16-6-5-9-27-16/h5-11,13-14H,12H2,1-4H3,(H,23,25)/b8-7+/t14-/m0/s1. The fraction of sp³-hybridized carbons (Fsp3) is 0.333. The second-order valence-electron chi connectivity index (χ2n) is 6.41. The maximum Gasteiger partial charge on any atom is 0.331 e. The van der Waals surface area contributed by atoms with Gasteiger partial charge in [0.15, 0.2) is 17.6 Å². The Balaban J connectivity index is 1.95. The molecule has 0 aliphatic heterocycles. The molecular weight excluding hydrogens is 398 g/mol. The zero-order chi connectivity index (χ0) is 21.4. The first kappa shape index (κ1) is 22.4. The Hall–Kier alpha value is -2.93. The quantitative estimate of drug-likeness (QED) is 0.486. The molecule has 0 bridgehead atoms. The third-order valence-corrected chi connectivity index (χ3v) is 3.98. The Bertz CT molecular complexity index is 860. The molecule has 1 aromatic carbocycles. The summed E-state index contributed by atoms with van der Waals surface area (Å²) in [6, 6.07) is 6.78. The maximum absolute atomic E-state index is 12.0. The number of ether oxygens (including phenoxy) is 3. The van der Waals surface area contributed by atoms with E-state index in [1.54, 1.807) is 24.3 Å². The molecule has 1 heterocycles. The number of benzene rings is 1. The van der Waals surface area contributed by atoms with E-state index in [1.165, 1.54) is 32.4 Å². The molecule has 1 amide bonds. The van der Waals surface area contributed by atoms with Crippen molar-refractivity contribution in [3.05, 3.63) is 53.0 Å². The van der Waals surface area contributed by atoms with Crippen LogP contribution in [0, 0.1) is 0 Å². The summed E-state index contributed by atoms with van der Waals surface area (Å²) in [4.78, 5) is 24.0. The average Bonchev–Trinajstić information content (AvgIpc) is 3.19. The van der Waals surface area contributed by atoms with Crippen molar-refractivity contribution in [3.8, 4) is 11.5 Å². The molecule has 1 aromatic heterocycles. The number of esters is 1. The lowest BCUT2D eigenvalue weighted by molar-refractivity contribution is -0.150. The summed E-state index contributed by atoms with van der Waals surface area (Å²) in [6.07, 6.45) is 3.21. The van der Waals surface area contributed by atoms with Crippen LogP contribution in [0.25, 0.3) is 6.08 Å². The van der Waals surface area contributed by atoms with Crippen molar-refractivity contribution >= 4 is 29.6 Å². The van der Waals surface area contributed by atoms with Crippen molar-refractivity contribution in [2.45, 2.75) is 39.5 Å². The minimum atomic E-state index is -0.956. The molecule has 0 fully saturated rings. The summed E-state index contributed by atoms with van der Waals surface area (Å²) >= 11 is 6.26. The van der Waals surface area contributed by atoms with Crippen molar-refractivity contribution in [1.82, 2.24) is 5.32 Å². The van der Waals surface area contributed by atoms with E-state index < -0.39 is 18.0 Å². The van der Waals surface area contributed by atoms with Gasteiger partial charge < -0.3 is 23.9 Å². The molecule has 0 unspecified atom stereocenters. The Morgan fingerprint density at radius 2 is 2.03 bits per heavy atom. The van der Waals surface area contributed by atoms with Gasteiger partial charge in [0.25, 0.3) is 5.91 Å². The largest absolute Gasteiger partial charge is 0.493 e. The van der Waals surface area contributed by atoms with Crippen LogP contribution in [0.4, 0.5) is 0 Å². The summed E-state index contributed by atoms with van der Waals surface area (Å²) in [5.41, 5.74) is 0.620. The fourth-order valence-electron chi connectivity index (χ4n) is 2.35. The third kappa shape index (κ3) is 6.87. The summed E-state index contributed by atoms with van der Waals surface area (Å²) in [5.74, 6) is 0.398. The predicted octanol–water partition coefficient (Wildman–Crippen LogP) is 3.99. The van der Waals surface area contributed by atoms with Gasteiger partial charge >= 0.3 is 5.97 Å². The monoisotopic (exact) mass is 421 g/mol. The van der Waals surface area contributed by atoms with E-state index in [-0.39, 0.29) is 12.6 Å². The first-order valence-corrected chi connectivity index (χ1v) is 9.41. The van der Waals surface area contributed by atoms with Crippen LogP contribution in [-0.2, 0) is 20.9 Å². The van der Waals surface area contributed by atoms with Gasteiger partial charge in [0.1, 0.15) is 5.76 Å². The van der Waals surface area contributed by atoms with Crippen molar-refractivity contribution < 1.29 is 28.2 Å². The number of nitrogens with one attached hydrogen (secondary N) is 1. The molecule has 2 aromatic rings. The zero-order valence-electron chi connectivity index (χ0n) is 16.7. The SMILES string of the molecule is COc1cc(/C=C/C(=O)O[C@@H](C)C(=O)NCc2ccco2)cc(Cl)c1OC(C)C. The first-order valence-electron chi connectivity index (χ1n) is 9.03. The van der Waals surface area contributed by atoms with Crippen molar-refractivity contribution in [1.29, 1.82) is 0 Å². The summed E-state index contributed by atoms with van der Waals surface area (Å²) in [5, 5.41) is 2.98. The maximum atomic E-state index is 12.0. The molecule has 156 valence electrons. The number of hydrogen-bond donors (Lipinski definition) is 1. The van der Waals surface area contributed by atoms with Gasteiger partial charge in [-0.2, -0.15) is 0 Å². The van der Waals surface area contributed by atoms with Gasteiger partial charge in [-0.25, -0.2) is 4.79 Å². The van der Waals surface area contributed by atoms with E-state index >= 15 is 0 Å². The molecule has 1 N–H and O–H groups in total. The zero-order valence-corrected chi connectivity index (χ0v) is 17.5. The number of hydrogen-bond acceptors (Lipinski definition) is 6. The summed E-state index contributed by atoms with van der Waals surface area (Å²) < 4.78 is 21.2. The highest BCUT2D eigenvalue weighted by Gasteiger charge is 2.17. The Labute approximate surface area is 174 Å². The van der Waals surface area contributed by atoms with E-state index in [0.717, 1.165) is 0 Å². The third-order valence-electron chi connectivity index (χ3n) is 3.70. The van der Waals surface area contributed by atoms with E-state index in [0.29, 0.717) is 27.8 Å². The molecule has 7 nitrogen and oxygen atoms in total. The molecule has 8 heteroatoms. The molecule has 29 heavy (non-hydrogen) atoms. The Kier molecular flexibility index (Phi) is 8.15. The average molecular weight is 422 g/mol. The van der Waals surface area contributed by atoms with Crippen molar-refractivity contribution in [2.75, 3.05) is 7.11 Å². The van der Waals surface area contributed by atoms with Gasteiger partial charge in [-0.3, -0.25) is 4.79 Å². The van der Waals surface area contributed by atoms with Crippen molar-refractivity contribution in [3.63, 3.8) is 0 Å².